The van der Waals surface area contributed by atoms with Crippen LogP contribution in [0.2, 0.25) is 0 Å². The maximum absolute atomic E-state index is 5.54. The molecule has 0 bridgehead atoms. The van der Waals surface area contributed by atoms with Gasteiger partial charge in [-0.15, -0.1) is 0 Å². The van der Waals surface area contributed by atoms with Gasteiger partial charge in [-0.05, 0) is 43.5 Å². The second-order valence-electron chi connectivity index (χ2n) is 4.29. The largest absolute Gasteiger partial charge is 0.342 e. The molecule has 78 valence electrons. The Bertz CT molecular complexity index is 483. The molecule has 2 aromatic rings. The maximum atomic E-state index is 5.54. The van der Waals surface area contributed by atoms with Gasteiger partial charge in [0.05, 0.1) is 11.0 Å². The molecule has 3 nitrogen and oxygen atoms in total. The molecular formula is C12H15N3. The van der Waals surface area contributed by atoms with E-state index in [1.165, 1.54) is 18.4 Å². The highest BCUT2D eigenvalue weighted by molar-refractivity contribution is 5.76. The van der Waals surface area contributed by atoms with Crippen molar-refractivity contribution in [1.82, 2.24) is 9.97 Å². The van der Waals surface area contributed by atoms with Gasteiger partial charge in [0, 0.05) is 5.92 Å². The van der Waals surface area contributed by atoms with Crippen molar-refractivity contribution in [1.29, 1.82) is 0 Å². The molecule has 1 aromatic heterocycles. The van der Waals surface area contributed by atoms with Crippen LogP contribution in [0.4, 0.5) is 0 Å². The number of aromatic nitrogens is 2. The third kappa shape index (κ3) is 1.63. The van der Waals surface area contributed by atoms with Crippen LogP contribution in [0.5, 0.6) is 0 Å². The van der Waals surface area contributed by atoms with Crippen LogP contribution in [0.3, 0.4) is 0 Å². The van der Waals surface area contributed by atoms with Crippen molar-refractivity contribution < 1.29 is 0 Å². The highest BCUT2D eigenvalue weighted by Crippen LogP contribution is 2.38. The summed E-state index contributed by atoms with van der Waals surface area (Å²) in [6.07, 6.45) is 3.51. The van der Waals surface area contributed by atoms with Crippen molar-refractivity contribution in [3.05, 3.63) is 29.6 Å². The molecule has 1 heterocycles. The first-order chi connectivity index (χ1) is 7.36. The summed E-state index contributed by atoms with van der Waals surface area (Å²) in [6.45, 7) is 0.703. The third-order valence-corrected chi connectivity index (χ3v) is 2.96. The van der Waals surface area contributed by atoms with Crippen LogP contribution < -0.4 is 5.73 Å². The Labute approximate surface area is 88.7 Å². The number of nitrogens with one attached hydrogen (secondary N) is 1. The molecule has 0 aliphatic heterocycles. The summed E-state index contributed by atoms with van der Waals surface area (Å²) in [7, 11) is 0. The molecule has 1 saturated carbocycles. The summed E-state index contributed by atoms with van der Waals surface area (Å²) in [5, 5.41) is 0. The van der Waals surface area contributed by atoms with Gasteiger partial charge < -0.3 is 10.7 Å². The van der Waals surface area contributed by atoms with E-state index in [-0.39, 0.29) is 0 Å². The van der Waals surface area contributed by atoms with E-state index in [1.54, 1.807) is 0 Å². The van der Waals surface area contributed by atoms with Crippen LogP contribution >= 0.6 is 0 Å². The zero-order valence-electron chi connectivity index (χ0n) is 8.66. The van der Waals surface area contributed by atoms with E-state index in [2.05, 4.69) is 28.2 Å². The summed E-state index contributed by atoms with van der Waals surface area (Å²) in [5.41, 5.74) is 9.07. The molecule has 1 aliphatic carbocycles. The quantitative estimate of drug-likeness (QED) is 0.797. The lowest BCUT2D eigenvalue weighted by Gasteiger charge is -1.96. The number of aromatic amines is 1. The SMILES string of the molecule is NCCc1ccc2nc(C3CC3)[nH]c2c1. The first-order valence-electron chi connectivity index (χ1n) is 5.55. The van der Waals surface area contributed by atoms with Crippen molar-refractivity contribution in [2.75, 3.05) is 6.54 Å². The number of benzene rings is 1. The molecule has 0 unspecified atom stereocenters. The average molecular weight is 201 g/mol. The van der Waals surface area contributed by atoms with Gasteiger partial charge in [-0.1, -0.05) is 6.07 Å². The highest BCUT2D eigenvalue weighted by Gasteiger charge is 2.26. The number of nitrogens with zero attached hydrogens (tertiary/aromatic N) is 1. The molecule has 0 amide bonds. The molecule has 0 saturated heterocycles. The molecule has 1 aromatic carbocycles. The second-order valence-corrected chi connectivity index (χ2v) is 4.29. The summed E-state index contributed by atoms with van der Waals surface area (Å²) >= 11 is 0. The molecule has 0 atom stereocenters. The Hall–Kier alpha value is -1.35. The van der Waals surface area contributed by atoms with E-state index in [0.717, 1.165) is 23.3 Å². The van der Waals surface area contributed by atoms with Gasteiger partial charge >= 0.3 is 0 Å². The maximum Gasteiger partial charge on any atom is 0.110 e. The molecule has 3 N–H and O–H groups in total. The van der Waals surface area contributed by atoms with Crippen molar-refractivity contribution in [2.45, 2.75) is 25.2 Å². The van der Waals surface area contributed by atoms with Gasteiger partial charge in [0.1, 0.15) is 5.82 Å². The minimum Gasteiger partial charge on any atom is -0.342 e. The van der Waals surface area contributed by atoms with Crippen molar-refractivity contribution >= 4 is 11.0 Å². The van der Waals surface area contributed by atoms with Crippen molar-refractivity contribution in [3.8, 4) is 0 Å². The lowest BCUT2D eigenvalue weighted by atomic mass is 10.1. The molecular weight excluding hydrogens is 186 g/mol. The Morgan fingerprint density at radius 1 is 1.40 bits per heavy atom. The van der Waals surface area contributed by atoms with E-state index >= 15 is 0 Å². The Balaban J connectivity index is 2.02. The van der Waals surface area contributed by atoms with Gasteiger partial charge in [-0.3, -0.25) is 0 Å². The number of fused-ring (bicyclic) bond motifs is 1. The number of imidazole rings is 1. The molecule has 3 rings (SSSR count). The molecule has 15 heavy (non-hydrogen) atoms. The number of H-pyrrole nitrogens is 1. The van der Waals surface area contributed by atoms with E-state index in [4.69, 9.17) is 5.73 Å². The molecule has 0 radical (unpaired) electrons. The third-order valence-electron chi connectivity index (χ3n) is 2.96. The normalized spacial score (nSPS) is 16.1. The van der Waals surface area contributed by atoms with Gasteiger partial charge in [-0.2, -0.15) is 0 Å². The van der Waals surface area contributed by atoms with Crippen LogP contribution in [0, 0.1) is 0 Å². The lowest BCUT2D eigenvalue weighted by molar-refractivity contribution is 0.969. The van der Waals surface area contributed by atoms with Crippen LogP contribution in [-0.4, -0.2) is 16.5 Å². The number of hydrogen-bond donors (Lipinski definition) is 2. The average Bonchev–Trinajstić information content (AvgIpc) is 2.99. The first-order valence-corrected chi connectivity index (χ1v) is 5.55. The van der Waals surface area contributed by atoms with Gasteiger partial charge in [0.15, 0.2) is 0 Å². The fourth-order valence-corrected chi connectivity index (χ4v) is 1.95. The van der Waals surface area contributed by atoms with E-state index in [0.29, 0.717) is 12.5 Å². The monoisotopic (exact) mass is 201 g/mol. The Morgan fingerprint density at radius 3 is 3.00 bits per heavy atom. The fraction of sp³-hybridized carbons (Fsp3) is 0.417. The minimum absolute atomic E-state index is 0.690. The Kier molecular flexibility index (Phi) is 1.99. The van der Waals surface area contributed by atoms with Crippen LogP contribution in [0.15, 0.2) is 18.2 Å². The molecule has 0 spiro atoms. The minimum atomic E-state index is 0.690. The zero-order chi connectivity index (χ0) is 10.3. The van der Waals surface area contributed by atoms with E-state index in [1.807, 2.05) is 0 Å². The molecule has 3 heteroatoms. The van der Waals surface area contributed by atoms with Crippen LogP contribution in [0.1, 0.15) is 30.1 Å². The predicted molar refractivity (Wildman–Crippen MR) is 60.8 cm³/mol. The first kappa shape index (κ1) is 8.92. The smallest absolute Gasteiger partial charge is 0.110 e. The topological polar surface area (TPSA) is 54.7 Å². The zero-order valence-corrected chi connectivity index (χ0v) is 8.66. The van der Waals surface area contributed by atoms with E-state index in [9.17, 15) is 0 Å². The van der Waals surface area contributed by atoms with Crippen LogP contribution in [0.25, 0.3) is 11.0 Å². The lowest BCUT2D eigenvalue weighted by Crippen LogP contribution is -2.02. The number of hydrogen-bond acceptors (Lipinski definition) is 2. The van der Waals surface area contributed by atoms with E-state index < -0.39 is 0 Å². The standard InChI is InChI=1S/C12H15N3/c13-6-5-8-1-4-10-11(7-8)15-12(14-10)9-2-3-9/h1,4,7,9H,2-3,5-6,13H2,(H,14,15). The van der Waals surface area contributed by atoms with Crippen molar-refractivity contribution in [3.63, 3.8) is 0 Å². The highest BCUT2D eigenvalue weighted by atomic mass is 14.9. The summed E-state index contributed by atoms with van der Waals surface area (Å²) < 4.78 is 0. The summed E-state index contributed by atoms with van der Waals surface area (Å²) in [5.74, 6) is 1.85. The molecule has 1 aliphatic rings. The van der Waals surface area contributed by atoms with Crippen molar-refractivity contribution in [2.24, 2.45) is 5.73 Å². The van der Waals surface area contributed by atoms with Gasteiger partial charge in [-0.25, -0.2) is 4.98 Å². The number of nitrogens with two attached hydrogens (primary N) is 1. The summed E-state index contributed by atoms with van der Waals surface area (Å²) in [4.78, 5) is 7.99. The Morgan fingerprint density at radius 2 is 2.27 bits per heavy atom. The number of rotatable bonds is 3. The fourth-order valence-electron chi connectivity index (χ4n) is 1.95. The molecule has 1 fully saturated rings. The van der Waals surface area contributed by atoms with Gasteiger partial charge in [0.25, 0.3) is 0 Å². The van der Waals surface area contributed by atoms with Crippen LogP contribution in [-0.2, 0) is 6.42 Å². The second kappa shape index (κ2) is 3.35. The summed E-state index contributed by atoms with van der Waals surface area (Å²) in [6, 6.07) is 6.37. The predicted octanol–water partition coefficient (Wildman–Crippen LogP) is 1.94. The van der Waals surface area contributed by atoms with Gasteiger partial charge in [0.2, 0.25) is 0 Å².